The third kappa shape index (κ3) is 33.2. The molecule has 0 spiro atoms. The van der Waals surface area contributed by atoms with Gasteiger partial charge in [-0.15, -0.1) is 0 Å². The zero-order valence-corrected chi connectivity index (χ0v) is 71.0. The monoisotopic (exact) mass is 1800 g/mol. The number of ether oxygens (including phenoxy) is 10. The zero-order chi connectivity index (χ0) is 94.1. The van der Waals surface area contributed by atoms with Gasteiger partial charge in [-0.05, 0) is 113 Å². The fraction of sp³-hybridized carbons (Fsp3) is 0.784. The molecular formula is C74H124N14O37. The quantitative estimate of drug-likeness (QED) is 0.0252. The van der Waals surface area contributed by atoms with Crippen LogP contribution in [-0.2, 0) is 124 Å². The number of unbranched alkanes of at least 4 members (excludes halogenated alkanes) is 2. The summed E-state index contributed by atoms with van der Waals surface area (Å²) in [5.74, 6) is -17.9. The van der Waals surface area contributed by atoms with Gasteiger partial charge in [-0.2, -0.15) is 0 Å². The molecule has 125 heavy (non-hydrogen) atoms. The van der Waals surface area contributed by atoms with E-state index in [0.29, 0.717) is 12.8 Å². The van der Waals surface area contributed by atoms with Gasteiger partial charge in [0.1, 0.15) is 158 Å². The van der Waals surface area contributed by atoms with Crippen LogP contribution in [0.5, 0.6) is 0 Å². The molecule has 51 nitrogen and oxygen atoms in total. The lowest BCUT2D eigenvalue weighted by molar-refractivity contribution is -0.366. The Balaban J connectivity index is 1.78. The van der Waals surface area contributed by atoms with Crippen molar-refractivity contribution in [2.75, 3.05) is 46.1 Å². The summed E-state index contributed by atoms with van der Waals surface area (Å²) in [6, 6.07) is -19.6. The summed E-state index contributed by atoms with van der Waals surface area (Å²) in [6.07, 6.45) is -36.2. The molecule has 0 saturated carbocycles. The summed E-state index contributed by atoms with van der Waals surface area (Å²) in [7, 11) is 0. The predicted octanol–water partition coefficient (Wildman–Crippen LogP) is -11.2. The maximum Gasteiger partial charge on any atom is 0.325 e. The minimum absolute atomic E-state index is 0.0558. The van der Waals surface area contributed by atoms with Crippen LogP contribution in [0, 0.1) is 0 Å². The Bertz CT molecular complexity index is 3620. The van der Waals surface area contributed by atoms with E-state index in [1.54, 1.807) is 6.92 Å². The van der Waals surface area contributed by atoms with Gasteiger partial charge in [0.2, 0.25) is 70.9 Å². The number of carboxylic acid groups (broad SMARTS) is 4. The smallest absolute Gasteiger partial charge is 0.325 e. The van der Waals surface area contributed by atoms with Crippen molar-refractivity contribution in [3.8, 4) is 0 Å². The lowest BCUT2D eigenvalue weighted by atomic mass is 9.92. The molecule has 0 aromatic heterocycles. The average molecular weight is 1800 g/mol. The van der Waals surface area contributed by atoms with Crippen molar-refractivity contribution < 1.29 is 180 Å². The normalized spacial score (nSPS) is 28.4. The lowest BCUT2D eigenvalue weighted by Gasteiger charge is -2.52. The summed E-state index contributed by atoms with van der Waals surface area (Å²) in [4.78, 5) is 210. The van der Waals surface area contributed by atoms with E-state index in [1.165, 1.54) is 0 Å². The number of amides is 12. The van der Waals surface area contributed by atoms with Gasteiger partial charge in [0.15, 0.2) is 25.2 Å². The fourth-order valence-electron chi connectivity index (χ4n) is 13.6. The lowest BCUT2D eigenvalue weighted by Crippen LogP contribution is -2.72. The van der Waals surface area contributed by atoms with Gasteiger partial charge in [-0.25, -0.2) is 0 Å². The van der Waals surface area contributed by atoms with E-state index in [4.69, 9.17) is 58.8 Å². The number of nitrogens with one attached hydrogen (secondary N) is 12. The largest absolute Gasteiger partial charge is 0.481 e. The molecule has 4 rings (SSSR count). The third-order valence-electron chi connectivity index (χ3n) is 20.2. The van der Waals surface area contributed by atoms with Gasteiger partial charge in [0.25, 0.3) is 0 Å². The molecule has 0 aliphatic carbocycles. The number of carbonyl (C=O) groups excluding carboxylic acids is 12. The molecule has 0 aromatic carbocycles. The van der Waals surface area contributed by atoms with E-state index in [2.05, 4.69) is 63.8 Å². The van der Waals surface area contributed by atoms with Crippen molar-refractivity contribution in [2.24, 2.45) is 11.5 Å². The highest BCUT2D eigenvalue weighted by Crippen LogP contribution is 2.37. The minimum Gasteiger partial charge on any atom is -0.481 e. The third-order valence-corrected chi connectivity index (χ3v) is 20.2. The maximum atomic E-state index is 14.6. The number of aliphatic carboxylic acids is 4. The molecule has 4 heterocycles. The van der Waals surface area contributed by atoms with Gasteiger partial charge in [-0.1, -0.05) is 0 Å². The number of nitrogens with two attached hydrogens (primary N) is 2. The van der Waals surface area contributed by atoms with Crippen LogP contribution >= 0.6 is 0 Å². The Hall–Kier alpha value is -9.24. The van der Waals surface area contributed by atoms with E-state index in [9.17, 15) is 133 Å². The SMILES string of the molecule is CCO[C@@H]1O[C@H](CO)[C@@H](O[C@@H]2O[C@H](CO)[C@@H](O[C@@H]3O[C@H](CO)[C@@H](O[C@@H]4O[C@H](CO)[C@@H](O)[C@H](O[C@H](C)C(=O)N[C@@H](C)C(=O)N[C@H](CCC(=O)O)C(=O)N[C@@H](CCCCN)C(=O)N[C@H](C)C(=O)O)[C@H]4NC(C)=O)[C@H](O)[C@H]3NC(C)=O)[C@H](O[C@H](C)C(=O)N[C@@H](C)C(=O)N[C@H](CCC(=O)O)C(=O)N[C@@H](CCCCN)C(=O)N[C@H](C)C(=O)O)[C@H]2NC(C)=O)[C@H](O)[C@H]1NC(C)=O. The maximum absolute atomic E-state index is 14.6. The van der Waals surface area contributed by atoms with E-state index >= 15 is 0 Å². The number of carbonyl (C=O) groups is 16. The molecule has 4 fully saturated rings. The van der Waals surface area contributed by atoms with Crippen LogP contribution in [0.1, 0.15) is 140 Å². The number of aliphatic hydroxyl groups excluding tert-OH is 7. The minimum atomic E-state index is -2.25. The first-order chi connectivity index (χ1) is 58.8. The molecule has 0 unspecified atom stereocenters. The average Bonchev–Trinajstić information content (AvgIpc) is 0.765. The van der Waals surface area contributed by atoms with Crippen LogP contribution < -0.4 is 75.3 Å². The summed E-state index contributed by atoms with van der Waals surface area (Å²) in [6.45, 7) is 8.16. The number of carboxylic acids is 4. The number of hydrogen-bond donors (Lipinski definition) is 25. The second-order valence-corrected chi connectivity index (χ2v) is 30.3. The van der Waals surface area contributed by atoms with Gasteiger partial charge in [-0.3, -0.25) is 76.7 Å². The topological polar surface area (TPSA) is 784 Å². The van der Waals surface area contributed by atoms with E-state index < -0.39 is 330 Å². The molecule has 51 heteroatoms. The van der Waals surface area contributed by atoms with Crippen LogP contribution in [0.3, 0.4) is 0 Å². The number of aliphatic hydroxyl groups is 7. The Labute approximate surface area is 717 Å². The Morgan fingerprint density at radius 3 is 0.992 bits per heavy atom. The molecule has 12 amide bonds. The summed E-state index contributed by atoms with van der Waals surface area (Å²) >= 11 is 0. The van der Waals surface area contributed by atoms with Crippen LogP contribution in [0.4, 0.5) is 0 Å². The van der Waals surface area contributed by atoms with Crippen LogP contribution in [-0.4, -0.2) is 380 Å². The van der Waals surface area contributed by atoms with Crippen molar-refractivity contribution >= 4 is 94.8 Å². The van der Waals surface area contributed by atoms with E-state index in [0.717, 1.165) is 69.2 Å². The first kappa shape index (κ1) is 108. The second kappa shape index (κ2) is 52.8. The molecule has 0 aromatic rings. The van der Waals surface area contributed by atoms with Crippen molar-refractivity contribution in [1.82, 2.24) is 63.8 Å². The summed E-state index contributed by atoms with van der Waals surface area (Å²) in [5, 5.41) is 147. The van der Waals surface area contributed by atoms with E-state index in [1.807, 2.05) is 0 Å². The molecule has 27 N–H and O–H groups in total. The number of hydrogen-bond acceptors (Lipinski definition) is 35. The van der Waals surface area contributed by atoms with Crippen LogP contribution in [0.25, 0.3) is 0 Å². The molecular weight excluding hydrogens is 1680 g/mol. The molecule has 4 saturated heterocycles. The van der Waals surface area contributed by atoms with Crippen LogP contribution in [0.15, 0.2) is 0 Å². The molecule has 4 aliphatic heterocycles. The first-order valence-corrected chi connectivity index (χ1v) is 40.6. The molecule has 0 bridgehead atoms. The first-order valence-electron chi connectivity index (χ1n) is 40.6. The molecule has 712 valence electrons. The molecule has 4 aliphatic rings. The standard InChI is InChI=1S/C74H124N14O37/c1-12-116-71-49(81-35(8)93)54(102)56(44(26-90)120-71)124-74-52(84-38(11)96)60(118-34(7)64(107)78-30(3)62(105)86-42(20-22-48(99)100)68(111)88-40(18-14-16-24-76)66(109)80-32(5)70(114)115)58(46(28-92)122-74)125-72-50(82-36(9)94)55(103)57(45(27-91)121-72)123-73-51(83-37(10)95)59(53(101)43(25-89)119-73)117-33(6)63(106)77-29(2)61(104)85-41(19-21-47(97)98)67(110)87-39(17-13-15-23-75)65(108)79-31(4)69(112)113/h29-34,39-46,49-60,71-74,89-92,101-103H,12-28,75-76H2,1-11H3,(H,77,106)(H,78,107)(H,79,108)(H,80,109)(H,81,93)(H,82,94)(H,83,95)(H,84,96)(H,85,104)(H,86,105)(H,87,110)(H,88,111)(H,97,98)(H,99,100)(H,112,113)(H,114,115)/t29-,30-,31+,32+,33+,34+,39-,40-,41+,42+,43+,44+,45+,46+,49+,50+,51+,52+,53+,54+,55+,56+,57+,58+,59+,60+,71+,72-,73-,74-/m0/s1. The Morgan fingerprint density at radius 2 is 0.640 bits per heavy atom. The summed E-state index contributed by atoms with van der Waals surface area (Å²) in [5.41, 5.74) is 11.2. The Morgan fingerprint density at radius 1 is 0.344 bits per heavy atom. The second-order valence-electron chi connectivity index (χ2n) is 30.3. The number of rotatable bonds is 52. The fourth-order valence-corrected chi connectivity index (χ4v) is 13.6. The summed E-state index contributed by atoms with van der Waals surface area (Å²) < 4.78 is 62.0. The highest BCUT2D eigenvalue weighted by atomic mass is 16.8. The highest BCUT2D eigenvalue weighted by Gasteiger charge is 2.58. The van der Waals surface area contributed by atoms with Gasteiger partial charge >= 0.3 is 23.9 Å². The predicted molar refractivity (Wildman–Crippen MR) is 419 cm³/mol. The van der Waals surface area contributed by atoms with Gasteiger partial charge in [0.05, 0.1) is 26.4 Å². The molecule has 30 atom stereocenters. The van der Waals surface area contributed by atoms with Crippen molar-refractivity contribution in [3.63, 3.8) is 0 Å². The molecule has 0 radical (unpaired) electrons. The Kier molecular flexibility index (Phi) is 45.6. The van der Waals surface area contributed by atoms with Gasteiger partial charge < -0.3 is 179 Å². The highest BCUT2D eigenvalue weighted by molar-refractivity contribution is 5.97. The van der Waals surface area contributed by atoms with E-state index in [-0.39, 0.29) is 45.4 Å². The van der Waals surface area contributed by atoms with Crippen molar-refractivity contribution in [2.45, 2.75) is 323 Å². The van der Waals surface area contributed by atoms with Gasteiger partial charge in [0, 0.05) is 47.1 Å². The van der Waals surface area contributed by atoms with Crippen molar-refractivity contribution in [3.05, 3.63) is 0 Å². The van der Waals surface area contributed by atoms with Crippen molar-refractivity contribution in [1.29, 1.82) is 0 Å². The van der Waals surface area contributed by atoms with Crippen LogP contribution in [0.2, 0.25) is 0 Å². The zero-order valence-electron chi connectivity index (χ0n) is 71.0.